The van der Waals surface area contributed by atoms with Crippen LogP contribution in [0.4, 0.5) is 0 Å². The van der Waals surface area contributed by atoms with E-state index in [-0.39, 0.29) is 12.4 Å². The number of halogens is 2. The number of hydrogen-bond donors (Lipinski definition) is 1. The van der Waals surface area contributed by atoms with Crippen LogP contribution in [0.1, 0.15) is 29.5 Å². The van der Waals surface area contributed by atoms with Crippen LogP contribution in [-0.2, 0) is 13.0 Å². The monoisotopic (exact) mass is 358 g/mol. The Hall–Kier alpha value is -0.0900. The molecular formula is C16H24BrClN2. The van der Waals surface area contributed by atoms with Gasteiger partial charge in [0.15, 0.2) is 0 Å². The van der Waals surface area contributed by atoms with Crippen LogP contribution in [0.15, 0.2) is 16.6 Å². The Morgan fingerprint density at radius 1 is 1.40 bits per heavy atom. The van der Waals surface area contributed by atoms with Crippen molar-refractivity contribution < 1.29 is 0 Å². The van der Waals surface area contributed by atoms with Gasteiger partial charge in [0.05, 0.1) is 0 Å². The Morgan fingerprint density at radius 2 is 2.25 bits per heavy atom. The lowest BCUT2D eigenvalue weighted by molar-refractivity contribution is 0.193. The molecule has 0 amide bonds. The highest BCUT2D eigenvalue weighted by molar-refractivity contribution is 9.10. The van der Waals surface area contributed by atoms with Gasteiger partial charge >= 0.3 is 0 Å². The van der Waals surface area contributed by atoms with Gasteiger partial charge in [0.25, 0.3) is 0 Å². The minimum Gasteiger partial charge on any atom is -0.316 e. The molecule has 0 saturated carbocycles. The molecule has 1 unspecified atom stereocenters. The van der Waals surface area contributed by atoms with Gasteiger partial charge in [0.1, 0.15) is 0 Å². The standard InChI is InChI=1S/C16H23BrN2.ClH/c1-12-7-14-11-19(6-4-15(14)16(17)8-12)10-13-3-2-5-18-9-13;/h7-8,13,18H,2-6,9-11H2,1H3;1H. The van der Waals surface area contributed by atoms with E-state index in [0.717, 1.165) is 12.5 Å². The zero-order chi connectivity index (χ0) is 13.2. The number of hydrogen-bond acceptors (Lipinski definition) is 2. The van der Waals surface area contributed by atoms with E-state index in [4.69, 9.17) is 0 Å². The summed E-state index contributed by atoms with van der Waals surface area (Å²) in [6.45, 7) is 8.22. The Bertz CT molecular complexity index is 458. The quantitative estimate of drug-likeness (QED) is 0.869. The highest BCUT2D eigenvalue weighted by Gasteiger charge is 2.22. The summed E-state index contributed by atoms with van der Waals surface area (Å²) in [5, 5.41) is 3.53. The van der Waals surface area contributed by atoms with Gasteiger partial charge in [0, 0.05) is 24.1 Å². The molecule has 4 heteroatoms. The molecule has 0 aromatic heterocycles. The summed E-state index contributed by atoms with van der Waals surface area (Å²) in [4.78, 5) is 2.64. The molecule has 2 nitrogen and oxygen atoms in total. The third-order valence-electron chi connectivity index (χ3n) is 4.42. The maximum Gasteiger partial charge on any atom is 0.0237 e. The van der Waals surface area contributed by atoms with Crippen LogP contribution in [0.3, 0.4) is 0 Å². The van der Waals surface area contributed by atoms with E-state index in [1.54, 1.807) is 0 Å². The second kappa shape index (κ2) is 7.26. The molecule has 2 aliphatic heterocycles. The van der Waals surface area contributed by atoms with Crippen molar-refractivity contribution in [1.82, 2.24) is 10.2 Å². The molecule has 2 heterocycles. The fourth-order valence-electron chi connectivity index (χ4n) is 3.46. The van der Waals surface area contributed by atoms with E-state index in [2.05, 4.69) is 45.2 Å². The summed E-state index contributed by atoms with van der Waals surface area (Å²) >= 11 is 3.72. The summed E-state index contributed by atoms with van der Waals surface area (Å²) in [6, 6.07) is 4.62. The number of piperidine rings is 1. The van der Waals surface area contributed by atoms with Crippen molar-refractivity contribution in [1.29, 1.82) is 0 Å². The highest BCUT2D eigenvalue weighted by atomic mass is 79.9. The summed E-state index contributed by atoms with van der Waals surface area (Å²) in [5.74, 6) is 0.851. The predicted molar refractivity (Wildman–Crippen MR) is 90.7 cm³/mol. The van der Waals surface area contributed by atoms with Crippen LogP contribution in [-0.4, -0.2) is 31.1 Å². The fourth-order valence-corrected chi connectivity index (χ4v) is 4.27. The Morgan fingerprint density at radius 3 is 3.00 bits per heavy atom. The predicted octanol–water partition coefficient (Wildman–Crippen LogP) is 3.54. The number of nitrogens with one attached hydrogen (secondary N) is 1. The van der Waals surface area contributed by atoms with Gasteiger partial charge < -0.3 is 5.32 Å². The third kappa shape index (κ3) is 3.76. The van der Waals surface area contributed by atoms with Crippen LogP contribution >= 0.6 is 28.3 Å². The number of benzene rings is 1. The highest BCUT2D eigenvalue weighted by Crippen LogP contribution is 2.28. The van der Waals surface area contributed by atoms with Gasteiger partial charge in [-0.05, 0) is 68.0 Å². The van der Waals surface area contributed by atoms with Gasteiger partial charge in [-0.2, -0.15) is 0 Å². The summed E-state index contributed by atoms with van der Waals surface area (Å²) < 4.78 is 1.31. The Labute approximate surface area is 136 Å². The van der Waals surface area contributed by atoms with Crippen LogP contribution in [0.5, 0.6) is 0 Å². The molecular weight excluding hydrogens is 336 g/mol. The van der Waals surface area contributed by atoms with Crippen LogP contribution in [0.2, 0.25) is 0 Å². The summed E-state index contributed by atoms with van der Waals surface area (Å²) in [7, 11) is 0. The van der Waals surface area contributed by atoms with Gasteiger partial charge in [-0.3, -0.25) is 4.90 Å². The first-order valence-corrected chi connectivity index (χ1v) is 8.22. The summed E-state index contributed by atoms with van der Waals surface area (Å²) in [6.07, 6.45) is 3.93. The lowest BCUT2D eigenvalue weighted by Crippen LogP contribution is -2.40. The SMILES string of the molecule is Cc1cc(Br)c2c(c1)CN(CC1CCCNC1)CC2.Cl. The number of rotatable bonds is 2. The van der Waals surface area contributed by atoms with Crippen molar-refractivity contribution in [2.24, 2.45) is 5.92 Å². The molecule has 20 heavy (non-hydrogen) atoms. The lowest BCUT2D eigenvalue weighted by Gasteiger charge is -2.34. The first-order valence-electron chi connectivity index (χ1n) is 7.43. The minimum atomic E-state index is 0. The third-order valence-corrected chi connectivity index (χ3v) is 5.13. The molecule has 0 aliphatic carbocycles. The first-order chi connectivity index (χ1) is 9.22. The smallest absolute Gasteiger partial charge is 0.0237 e. The number of fused-ring (bicyclic) bond motifs is 1. The van der Waals surface area contributed by atoms with Crippen molar-refractivity contribution in [3.8, 4) is 0 Å². The Kier molecular flexibility index (Phi) is 5.91. The summed E-state index contributed by atoms with van der Waals surface area (Å²) in [5.41, 5.74) is 4.43. The van der Waals surface area contributed by atoms with E-state index < -0.39 is 0 Å². The van der Waals surface area contributed by atoms with Crippen molar-refractivity contribution in [3.05, 3.63) is 33.3 Å². The molecule has 1 fully saturated rings. The lowest BCUT2D eigenvalue weighted by atomic mass is 9.94. The van der Waals surface area contributed by atoms with E-state index in [1.807, 2.05) is 0 Å². The van der Waals surface area contributed by atoms with E-state index in [9.17, 15) is 0 Å². The van der Waals surface area contributed by atoms with Crippen molar-refractivity contribution >= 4 is 28.3 Å². The molecule has 0 radical (unpaired) electrons. The molecule has 3 rings (SSSR count). The van der Waals surface area contributed by atoms with Gasteiger partial charge in [-0.25, -0.2) is 0 Å². The first kappa shape index (κ1) is 16.3. The van der Waals surface area contributed by atoms with E-state index in [0.29, 0.717) is 0 Å². The van der Waals surface area contributed by atoms with Gasteiger partial charge in [-0.15, -0.1) is 12.4 Å². The normalized spacial score (nSPS) is 23.0. The zero-order valence-corrected chi connectivity index (χ0v) is 14.5. The fraction of sp³-hybridized carbons (Fsp3) is 0.625. The van der Waals surface area contributed by atoms with Crippen LogP contribution in [0, 0.1) is 12.8 Å². The van der Waals surface area contributed by atoms with Crippen molar-refractivity contribution in [2.75, 3.05) is 26.2 Å². The number of nitrogens with zero attached hydrogens (tertiary/aromatic N) is 1. The van der Waals surface area contributed by atoms with Crippen molar-refractivity contribution in [3.63, 3.8) is 0 Å². The maximum absolute atomic E-state index is 3.72. The molecule has 1 N–H and O–H groups in total. The van der Waals surface area contributed by atoms with Gasteiger partial charge in [-0.1, -0.05) is 22.0 Å². The largest absolute Gasteiger partial charge is 0.316 e. The zero-order valence-electron chi connectivity index (χ0n) is 12.1. The molecule has 0 bridgehead atoms. The second-order valence-corrected chi connectivity index (χ2v) is 6.94. The average molecular weight is 360 g/mol. The van der Waals surface area contributed by atoms with Crippen LogP contribution in [0.25, 0.3) is 0 Å². The Balaban J connectivity index is 0.00000147. The maximum atomic E-state index is 3.72. The van der Waals surface area contributed by atoms with Gasteiger partial charge in [0.2, 0.25) is 0 Å². The van der Waals surface area contributed by atoms with Crippen molar-refractivity contribution in [2.45, 2.75) is 32.7 Å². The molecule has 112 valence electrons. The number of aryl methyl sites for hydroxylation is 1. The topological polar surface area (TPSA) is 15.3 Å². The molecule has 1 atom stereocenters. The minimum absolute atomic E-state index is 0. The molecule has 1 aromatic rings. The van der Waals surface area contributed by atoms with Crippen LogP contribution < -0.4 is 5.32 Å². The average Bonchev–Trinajstić information content (AvgIpc) is 2.39. The second-order valence-electron chi connectivity index (χ2n) is 6.08. The molecule has 0 spiro atoms. The molecule has 2 aliphatic rings. The van der Waals surface area contributed by atoms with E-state index >= 15 is 0 Å². The molecule has 1 saturated heterocycles. The van der Waals surface area contributed by atoms with E-state index in [1.165, 1.54) is 66.6 Å². The molecule has 1 aromatic carbocycles.